The van der Waals surface area contributed by atoms with Gasteiger partial charge in [-0.25, -0.2) is 9.59 Å². The van der Waals surface area contributed by atoms with Crippen LogP contribution in [-0.4, -0.2) is 42.5 Å². The summed E-state index contributed by atoms with van der Waals surface area (Å²) >= 11 is 8.40. The number of rotatable bonds is 5. The molecule has 0 N–H and O–H groups in total. The average molecular weight is 560 g/mol. The maximum absolute atomic E-state index is 13.7. The van der Waals surface area contributed by atoms with Gasteiger partial charge in [0.25, 0.3) is 0 Å². The van der Waals surface area contributed by atoms with E-state index in [9.17, 15) is 14.4 Å². The quantitative estimate of drug-likeness (QED) is 0.228. The van der Waals surface area contributed by atoms with Crippen LogP contribution in [0, 0.1) is 12.8 Å². The molecule has 0 radical (unpaired) electrons. The number of nitrogens with zero attached hydrogens (tertiary/aromatic N) is 1. The first kappa shape index (κ1) is 27.9. The van der Waals surface area contributed by atoms with E-state index in [-0.39, 0.29) is 15.7 Å². The number of hydrogen-bond acceptors (Lipinski definition) is 8. The van der Waals surface area contributed by atoms with Gasteiger partial charge in [-0.05, 0) is 45.2 Å². The van der Waals surface area contributed by atoms with Crippen LogP contribution in [0.15, 0.2) is 32.2 Å². The van der Waals surface area contributed by atoms with Gasteiger partial charge in [0.2, 0.25) is 5.91 Å². The number of anilines is 1. The van der Waals surface area contributed by atoms with Gasteiger partial charge in [0.15, 0.2) is 0 Å². The van der Waals surface area contributed by atoms with Crippen LogP contribution in [-0.2, 0) is 23.9 Å². The summed E-state index contributed by atoms with van der Waals surface area (Å²) < 4.78 is 10.6. The van der Waals surface area contributed by atoms with E-state index in [1.807, 2.05) is 43.9 Å². The molecule has 0 bridgehead atoms. The summed E-state index contributed by atoms with van der Waals surface area (Å²) in [6.07, 6.45) is 7.58. The molecule has 1 fully saturated rings. The lowest BCUT2D eigenvalue weighted by Gasteiger charge is -2.45. The summed E-state index contributed by atoms with van der Waals surface area (Å²) in [5.41, 5.74) is 2.65. The Kier molecular flexibility index (Phi) is 8.55. The maximum atomic E-state index is 13.7. The molecule has 198 valence electrons. The molecule has 2 heterocycles. The van der Waals surface area contributed by atoms with Crippen LogP contribution in [0.5, 0.6) is 0 Å². The Morgan fingerprint density at radius 1 is 1.03 bits per heavy atom. The predicted octanol–water partition coefficient (Wildman–Crippen LogP) is 6.56. The zero-order chi connectivity index (χ0) is 26.9. The monoisotopic (exact) mass is 559 g/mol. The van der Waals surface area contributed by atoms with Gasteiger partial charge < -0.3 is 14.4 Å². The van der Waals surface area contributed by atoms with Crippen molar-refractivity contribution in [3.8, 4) is 0 Å². The van der Waals surface area contributed by atoms with Gasteiger partial charge in [0.05, 0.1) is 34.5 Å². The Morgan fingerprint density at radius 2 is 1.62 bits per heavy atom. The fourth-order valence-corrected chi connectivity index (χ4v) is 8.33. The number of carbonyl (C=O) groups excluding carboxylic acids is 3. The highest BCUT2D eigenvalue weighted by Crippen LogP contribution is 2.56. The topological polar surface area (TPSA) is 72.9 Å². The van der Waals surface area contributed by atoms with Crippen LogP contribution >= 0.6 is 35.7 Å². The van der Waals surface area contributed by atoms with E-state index >= 15 is 0 Å². The third-order valence-electron chi connectivity index (χ3n) is 7.29. The highest BCUT2D eigenvalue weighted by molar-refractivity contribution is 8.29. The summed E-state index contributed by atoms with van der Waals surface area (Å²) in [6.45, 7) is 5.93. The summed E-state index contributed by atoms with van der Waals surface area (Å²) in [5.74, 6) is -0.516. The molecule has 3 aliphatic rings. The molecule has 6 nitrogen and oxygen atoms in total. The predicted molar refractivity (Wildman–Crippen MR) is 154 cm³/mol. The number of hydrogen-bond donors (Lipinski definition) is 0. The van der Waals surface area contributed by atoms with E-state index in [1.165, 1.54) is 69.8 Å². The minimum atomic E-state index is -0.774. The van der Waals surface area contributed by atoms with Crippen LogP contribution < -0.4 is 4.90 Å². The van der Waals surface area contributed by atoms with Crippen molar-refractivity contribution in [1.29, 1.82) is 0 Å². The van der Waals surface area contributed by atoms with E-state index in [1.54, 1.807) is 0 Å². The molecule has 0 unspecified atom stereocenters. The smallest absolute Gasteiger partial charge is 0.346 e. The first-order chi connectivity index (χ1) is 17.6. The third kappa shape index (κ3) is 5.40. The van der Waals surface area contributed by atoms with Crippen molar-refractivity contribution in [3.63, 3.8) is 0 Å². The summed E-state index contributed by atoms with van der Waals surface area (Å²) in [4.78, 5) is 41.6. The van der Waals surface area contributed by atoms with Crippen molar-refractivity contribution in [3.05, 3.63) is 43.4 Å². The number of methoxy groups -OCH3 is 2. The number of amides is 1. The van der Waals surface area contributed by atoms with E-state index in [0.717, 1.165) is 28.8 Å². The van der Waals surface area contributed by atoms with Gasteiger partial charge in [0.1, 0.15) is 9.81 Å². The molecular formula is C28H33NO5S3. The van der Waals surface area contributed by atoms with Gasteiger partial charge in [-0.2, -0.15) is 0 Å². The molecule has 1 saturated carbocycles. The Labute approximate surface area is 232 Å². The van der Waals surface area contributed by atoms with E-state index in [0.29, 0.717) is 21.4 Å². The maximum Gasteiger partial charge on any atom is 0.346 e. The van der Waals surface area contributed by atoms with Crippen LogP contribution in [0.2, 0.25) is 0 Å². The van der Waals surface area contributed by atoms with Crippen molar-refractivity contribution >= 4 is 69.7 Å². The van der Waals surface area contributed by atoms with Crippen molar-refractivity contribution in [2.24, 2.45) is 5.92 Å². The molecule has 9 heteroatoms. The van der Waals surface area contributed by atoms with Crippen molar-refractivity contribution in [2.45, 2.75) is 71.3 Å². The van der Waals surface area contributed by atoms with Crippen LogP contribution in [0.3, 0.4) is 0 Å². The van der Waals surface area contributed by atoms with Crippen molar-refractivity contribution < 1.29 is 23.9 Å². The van der Waals surface area contributed by atoms with Crippen LogP contribution in [0.25, 0.3) is 5.57 Å². The largest absolute Gasteiger partial charge is 0.465 e. The van der Waals surface area contributed by atoms with Crippen molar-refractivity contribution in [1.82, 2.24) is 0 Å². The lowest BCUT2D eigenvalue weighted by atomic mass is 9.82. The van der Waals surface area contributed by atoms with Crippen LogP contribution in [0.1, 0.15) is 69.9 Å². The molecule has 0 spiro atoms. The summed E-state index contributed by atoms with van der Waals surface area (Å²) in [6, 6.07) is 6.00. The number of benzene rings is 1. The highest BCUT2D eigenvalue weighted by Gasteiger charge is 2.46. The van der Waals surface area contributed by atoms with Crippen molar-refractivity contribution in [2.75, 3.05) is 19.1 Å². The number of thiocarbonyl (C=S) groups is 1. The zero-order valence-corrected chi connectivity index (χ0v) is 24.4. The lowest BCUT2D eigenvalue weighted by molar-refractivity contribution is -0.138. The molecule has 1 aromatic rings. The van der Waals surface area contributed by atoms with E-state index in [2.05, 4.69) is 0 Å². The second kappa shape index (κ2) is 11.3. The number of carbonyl (C=O) groups is 3. The number of aryl methyl sites for hydroxylation is 1. The fourth-order valence-electron chi connectivity index (χ4n) is 5.30. The van der Waals surface area contributed by atoms with E-state index < -0.39 is 17.5 Å². The SMILES string of the molecule is COC(=O)C1=C(C(=O)OC)SC(=C2C(=S)C(C)(C)N(C(=O)CCC3CCCCC3)c3ccc(C)cc32)S1. The summed E-state index contributed by atoms with van der Waals surface area (Å²) in [5, 5.41) is 0. The molecule has 0 saturated heterocycles. The number of fused-ring (bicyclic) bond motifs is 1. The molecule has 0 aromatic heterocycles. The standard InChI is InChI=1S/C28H33NO5S3/c1-16-11-13-19-18(15-16)21(27-36-22(25(31)33-4)23(37-27)26(32)34-5)24(35)28(2,3)29(19)20(30)14-12-17-9-7-6-8-10-17/h11,13,15,17H,6-10,12,14H2,1-5H3. The molecule has 0 atom stereocenters. The van der Waals surface area contributed by atoms with Gasteiger partial charge >= 0.3 is 11.9 Å². The second-order valence-electron chi connectivity index (χ2n) is 10.2. The second-order valence-corrected chi connectivity index (χ2v) is 12.9. The summed E-state index contributed by atoms with van der Waals surface area (Å²) in [7, 11) is 2.56. The Hall–Kier alpha value is -2.10. The van der Waals surface area contributed by atoms with Gasteiger partial charge in [-0.15, -0.1) is 0 Å². The number of thioether (sulfide) groups is 2. The normalized spacial score (nSPS) is 19.7. The van der Waals surface area contributed by atoms with E-state index in [4.69, 9.17) is 21.7 Å². The number of esters is 2. The molecule has 1 amide bonds. The average Bonchev–Trinajstić information content (AvgIpc) is 3.33. The molecule has 1 aromatic carbocycles. The highest BCUT2D eigenvalue weighted by atomic mass is 32.2. The first-order valence-electron chi connectivity index (χ1n) is 12.6. The molecular weight excluding hydrogens is 527 g/mol. The van der Waals surface area contributed by atoms with Gasteiger partial charge in [0, 0.05) is 17.6 Å². The zero-order valence-electron chi connectivity index (χ0n) is 22.0. The minimum absolute atomic E-state index is 0.0717. The molecule has 1 aliphatic carbocycles. The first-order valence-corrected chi connectivity index (χ1v) is 14.6. The molecule has 4 rings (SSSR count). The van der Waals surface area contributed by atoms with Crippen LogP contribution in [0.4, 0.5) is 5.69 Å². The molecule has 37 heavy (non-hydrogen) atoms. The Morgan fingerprint density at radius 3 is 2.19 bits per heavy atom. The Balaban J connectivity index is 1.75. The minimum Gasteiger partial charge on any atom is -0.465 e. The molecule has 2 aliphatic heterocycles. The third-order valence-corrected chi connectivity index (χ3v) is 10.5. The fraction of sp³-hybridized carbons (Fsp3) is 0.500. The Bertz CT molecular complexity index is 1180. The lowest BCUT2D eigenvalue weighted by Crippen LogP contribution is -2.56. The number of ether oxygens (including phenoxy) is 2. The van der Waals surface area contributed by atoms with Gasteiger partial charge in [-0.1, -0.05) is 79.5 Å². The van der Waals surface area contributed by atoms with Gasteiger partial charge in [-0.3, -0.25) is 4.79 Å².